The number of amides is 1. The van der Waals surface area contributed by atoms with Crippen LogP contribution in [0.1, 0.15) is 25.7 Å². The van der Waals surface area contributed by atoms with Crippen LogP contribution in [0.25, 0.3) is 0 Å². The van der Waals surface area contributed by atoms with E-state index in [0.29, 0.717) is 26.2 Å². The van der Waals surface area contributed by atoms with Gasteiger partial charge in [-0.05, 0) is 80.9 Å². The maximum atomic E-state index is 13.4. The molecule has 1 aromatic carbocycles. The van der Waals surface area contributed by atoms with Crippen LogP contribution in [0.5, 0.6) is 0 Å². The van der Waals surface area contributed by atoms with Crippen LogP contribution in [-0.2, 0) is 24.8 Å². The Kier molecular flexibility index (Phi) is 8.45. The Bertz CT molecular complexity index is 1320. The topological polar surface area (TPSA) is 136 Å². The summed E-state index contributed by atoms with van der Waals surface area (Å²) in [7, 11) is -7.61. The van der Waals surface area contributed by atoms with E-state index in [-0.39, 0.29) is 40.9 Å². The van der Waals surface area contributed by atoms with Crippen molar-refractivity contribution in [1.29, 1.82) is 0 Å². The fraction of sp³-hybridized carbons (Fsp3) is 0.577. The smallest absolute Gasteiger partial charge is 0.243 e. The molecule has 0 radical (unpaired) electrons. The van der Waals surface area contributed by atoms with Gasteiger partial charge in [-0.2, -0.15) is 8.61 Å². The van der Waals surface area contributed by atoms with Crippen LogP contribution >= 0.6 is 0 Å². The second kappa shape index (κ2) is 11.7. The summed E-state index contributed by atoms with van der Waals surface area (Å²) in [6.45, 7) is 4.40. The molecule has 0 aliphatic carbocycles. The first-order chi connectivity index (χ1) is 18.6. The van der Waals surface area contributed by atoms with E-state index >= 15 is 0 Å². The molecule has 1 atom stereocenters. The molecule has 4 aliphatic rings. The Labute approximate surface area is 231 Å². The first kappa shape index (κ1) is 28.2. The Balaban J connectivity index is 1.15. The molecule has 13 heteroatoms. The summed E-state index contributed by atoms with van der Waals surface area (Å²) in [6.07, 6.45) is 8.89. The number of piperidine rings is 1. The van der Waals surface area contributed by atoms with Crippen LogP contribution in [0.4, 0.5) is 0 Å². The molecule has 3 saturated heterocycles. The molecule has 4 heterocycles. The summed E-state index contributed by atoms with van der Waals surface area (Å²) >= 11 is 0. The molecule has 214 valence electrons. The largest absolute Gasteiger partial charge is 0.373 e. The van der Waals surface area contributed by atoms with E-state index in [9.17, 15) is 21.6 Å². The molecule has 0 spiro atoms. The van der Waals surface area contributed by atoms with Crippen LogP contribution in [0.15, 0.2) is 58.0 Å². The third-order valence-corrected chi connectivity index (χ3v) is 11.8. The van der Waals surface area contributed by atoms with Crippen molar-refractivity contribution in [1.82, 2.24) is 23.7 Å². The van der Waals surface area contributed by atoms with Crippen LogP contribution < -0.4 is 11.1 Å². The van der Waals surface area contributed by atoms with E-state index in [1.807, 2.05) is 18.4 Å². The lowest BCUT2D eigenvalue weighted by Gasteiger charge is -2.38. The minimum Gasteiger partial charge on any atom is -0.373 e. The van der Waals surface area contributed by atoms with E-state index < -0.39 is 20.0 Å². The number of piperazine rings is 1. The number of sulfonamides is 2. The van der Waals surface area contributed by atoms with Gasteiger partial charge in [0.1, 0.15) is 0 Å². The van der Waals surface area contributed by atoms with Crippen molar-refractivity contribution in [2.24, 2.45) is 11.7 Å². The summed E-state index contributed by atoms with van der Waals surface area (Å²) in [5.41, 5.74) is 7.09. The normalized spacial score (nSPS) is 24.5. The average Bonchev–Trinajstić information content (AvgIpc) is 3.50. The Hall–Kier alpha value is -2.29. The zero-order valence-corrected chi connectivity index (χ0v) is 23.7. The predicted octanol–water partition coefficient (Wildman–Crippen LogP) is 0.344. The molecule has 1 aromatic rings. The quantitative estimate of drug-likeness (QED) is 0.473. The molecule has 39 heavy (non-hydrogen) atoms. The maximum Gasteiger partial charge on any atom is 0.243 e. The molecule has 11 nitrogen and oxygen atoms in total. The van der Waals surface area contributed by atoms with E-state index in [1.54, 1.807) is 4.90 Å². The molecule has 5 rings (SSSR count). The van der Waals surface area contributed by atoms with Gasteiger partial charge >= 0.3 is 0 Å². The second-order valence-electron chi connectivity index (χ2n) is 10.6. The molecule has 3 N–H and O–H groups in total. The summed E-state index contributed by atoms with van der Waals surface area (Å²) in [5, 5.41) is 3.03. The molecule has 4 aliphatic heterocycles. The van der Waals surface area contributed by atoms with Crippen LogP contribution in [0.2, 0.25) is 0 Å². The van der Waals surface area contributed by atoms with Gasteiger partial charge in [0.25, 0.3) is 0 Å². The number of dihydropyridines is 1. The SMILES string of the molecule is NC1C=C(CN2CCC(C(=O)N3CCN(S(=O)(=O)c4cccc(S(=O)(=O)N5CCCC5)c4)CC3)CC2)C=CN1. The first-order valence-corrected chi connectivity index (χ1v) is 16.5. The summed E-state index contributed by atoms with van der Waals surface area (Å²) in [5.74, 6) is 0.0325. The third-order valence-electron chi connectivity index (χ3n) is 8.02. The standard InChI is InChI=1S/C26H38N6O5S2/c27-25-18-21(6-9-28-25)20-29-12-7-22(8-13-29)26(33)30-14-16-32(17-15-30)39(36,37)24-5-3-4-23(19-24)38(34,35)31-10-1-2-11-31/h3-6,9,18-19,22,25,28H,1-2,7-8,10-17,20,27H2. The number of hydrogen-bond donors (Lipinski definition) is 2. The second-order valence-corrected chi connectivity index (χ2v) is 14.5. The van der Waals surface area contributed by atoms with Gasteiger partial charge in [-0.15, -0.1) is 0 Å². The van der Waals surface area contributed by atoms with E-state index in [0.717, 1.165) is 45.3 Å². The lowest BCUT2D eigenvalue weighted by atomic mass is 9.94. The average molecular weight is 579 g/mol. The lowest BCUT2D eigenvalue weighted by molar-refractivity contribution is -0.138. The summed E-state index contributed by atoms with van der Waals surface area (Å²) in [4.78, 5) is 17.3. The van der Waals surface area contributed by atoms with Gasteiger partial charge in [0.15, 0.2) is 0 Å². The summed E-state index contributed by atoms with van der Waals surface area (Å²) in [6, 6.07) is 5.63. The zero-order valence-electron chi connectivity index (χ0n) is 22.1. The molecule has 0 saturated carbocycles. The number of nitrogens with two attached hydrogens (primary N) is 1. The molecular weight excluding hydrogens is 540 g/mol. The monoisotopic (exact) mass is 578 g/mol. The fourth-order valence-corrected chi connectivity index (χ4v) is 8.84. The van der Waals surface area contributed by atoms with Crippen LogP contribution in [0, 0.1) is 5.92 Å². The molecule has 3 fully saturated rings. The van der Waals surface area contributed by atoms with Crippen molar-refractivity contribution in [3.05, 3.63) is 48.2 Å². The van der Waals surface area contributed by atoms with Gasteiger partial charge in [0.05, 0.1) is 16.0 Å². The number of carbonyl (C=O) groups is 1. The highest BCUT2D eigenvalue weighted by Crippen LogP contribution is 2.26. The van der Waals surface area contributed by atoms with Gasteiger partial charge in [-0.1, -0.05) is 6.07 Å². The van der Waals surface area contributed by atoms with Gasteiger partial charge in [-0.3, -0.25) is 9.69 Å². The highest BCUT2D eigenvalue weighted by molar-refractivity contribution is 7.90. The maximum absolute atomic E-state index is 13.4. The Morgan fingerprint density at radius 2 is 1.46 bits per heavy atom. The number of nitrogens with one attached hydrogen (secondary N) is 1. The van der Waals surface area contributed by atoms with Gasteiger partial charge in [-0.25, -0.2) is 16.8 Å². The van der Waals surface area contributed by atoms with E-state index in [2.05, 4.69) is 10.2 Å². The van der Waals surface area contributed by atoms with Crippen molar-refractivity contribution < 1.29 is 21.6 Å². The molecular formula is C26H38N6O5S2. The molecule has 0 bridgehead atoms. The van der Waals surface area contributed by atoms with E-state index in [4.69, 9.17) is 5.73 Å². The van der Waals surface area contributed by atoms with Crippen LogP contribution in [0.3, 0.4) is 0 Å². The minimum atomic E-state index is -3.89. The zero-order chi connectivity index (χ0) is 27.6. The Morgan fingerprint density at radius 3 is 2.05 bits per heavy atom. The third kappa shape index (κ3) is 6.23. The number of benzene rings is 1. The highest BCUT2D eigenvalue weighted by atomic mass is 32.2. The number of rotatable bonds is 7. The van der Waals surface area contributed by atoms with E-state index in [1.165, 1.54) is 38.4 Å². The van der Waals surface area contributed by atoms with Crippen molar-refractivity contribution in [2.45, 2.75) is 41.6 Å². The summed E-state index contributed by atoms with van der Waals surface area (Å²) < 4.78 is 55.4. The number of hydrogen-bond acceptors (Lipinski definition) is 8. The van der Waals surface area contributed by atoms with Gasteiger partial charge in [0.2, 0.25) is 26.0 Å². The van der Waals surface area contributed by atoms with Crippen molar-refractivity contribution in [3.63, 3.8) is 0 Å². The number of nitrogens with zero attached hydrogens (tertiary/aromatic N) is 4. The lowest BCUT2D eigenvalue weighted by Crippen LogP contribution is -2.52. The van der Waals surface area contributed by atoms with Gasteiger partial charge in [0, 0.05) is 51.7 Å². The molecule has 1 amide bonds. The molecule has 0 aromatic heterocycles. The number of carbonyl (C=O) groups excluding carboxylic acids is 1. The highest BCUT2D eigenvalue weighted by Gasteiger charge is 2.35. The minimum absolute atomic E-state index is 0.000872. The Morgan fingerprint density at radius 1 is 0.872 bits per heavy atom. The fourth-order valence-electron chi connectivity index (χ4n) is 5.73. The first-order valence-electron chi connectivity index (χ1n) is 13.6. The predicted molar refractivity (Wildman–Crippen MR) is 147 cm³/mol. The number of likely N-dealkylation sites (tertiary alicyclic amines) is 1. The van der Waals surface area contributed by atoms with Crippen molar-refractivity contribution in [2.75, 3.05) is 58.9 Å². The van der Waals surface area contributed by atoms with Crippen molar-refractivity contribution >= 4 is 26.0 Å². The molecule has 1 unspecified atom stereocenters. The van der Waals surface area contributed by atoms with Crippen LogP contribution in [-0.4, -0.2) is 106 Å². The van der Waals surface area contributed by atoms with Gasteiger partial charge < -0.3 is 16.0 Å². The van der Waals surface area contributed by atoms with Crippen molar-refractivity contribution in [3.8, 4) is 0 Å².